The third-order valence-corrected chi connectivity index (χ3v) is 3.87. The van der Waals surface area contributed by atoms with E-state index in [9.17, 15) is 4.79 Å². The number of pyridine rings is 1. The number of anilines is 2. The second-order valence-corrected chi connectivity index (χ2v) is 5.57. The number of fused-ring (bicyclic) bond motifs is 1. The van der Waals surface area contributed by atoms with Gasteiger partial charge in [-0.2, -0.15) is 4.98 Å². The van der Waals surface area contributed by atoms with Crippen LogP contribution in [0.3, 0.4) is 0 Å². The number of aryl methyl sites for hydroxylation is 2. The van der Waals surface area contributed by atoms with Crippen LogP contribution in [0.4, 0.5) is 10.8 Å². The van der Waals surface area contributed by atoms with Gasteiger partial charge in [0.05, 0.1) is 11.1 Å². The SMILES string of the molecule is Cc1cc2sc(Nc3ccccc3)nc(=O)c2c(C)n1. The summed E-state index contributed by atoms with van der Waals surface area (Å²) in [6.07, 6.45) is 0. The molecule has 0 unspecified atom stereocenters. The van der Waals surface area contributed by atoms with Crippen molar-refractivity contribution in [1.29, 1.82) is 0 Å². The largest absolute Gasteiger partial charge is 0.331 e. The van der Waals surface area contributed by atoms with Gasteiger partial charge in [-0.15, -0.1) is 0 Å². The van der Waals surface area contributed by atoms with Crippen molar-refractivity contribution >= 4 is 32.2 Å². The Morgan fingerprint density at radius 2 is 1.85 bits per heavy atom. The molecule has 0 amide bonds. The van der Waals surface area contributed by atoms with E-state index in [2.05, 4.69) is 15.3 Å². The van der Waals surface area contributed by atoms with Crippen molar-refractivity contribution in [1.82, 2.24) is 9.97 Å². The van der Waals surface area contributed by atoms with E-state index in [1.807, 2.05) is 50.2 Å². The zero-order valence-corrected chi connectivity index (χ0v) is 12.0. The first-order chi connectivity index (χ1) is 9.63. The molecule has 3 rings (SSSR count). The molecule has 0 aliphatic rings. The van der Waals surface area contributed by atoms with Gasteiger partial charge in [-0.05, 0) is 32.0 Å². The third kappa shape index (κ3) is 2.40. The molecule has 0 radical (unpaired) electrons. The van der Waals surface area contributed by atoms with Gasteiger partial charge in [-0.1, -0.05) is 29.5 Å². The number of aromatic nitrogens is 2. The molecule has 0 saturated carbocycles. The van der Waals surface area contributed by atoms with E-state index in [0.29, 0.717) is 10.5 Å². The van der Waals surface area contributed by atoms with Crippen LogP contribution in [0, 0.1) is 13.8 Å². The van der Waals surface area contributed by atoms with Crippen molar-refractivity contribution in [2.24, 2.45) is 0 Å². The van der Waals surface area contributed by atoms with Crippen LogP contribution in [-0.2, 0) is 0 Å². The summed E-state index contributed by atoms with van der Waals surface area (Å²) in [5, 5.41) is 4.37. The number of nitrogens with one attached hydrogen (secondary N) is 1. The Bertz CT molecular complexity index is 828. The van der Waals surface area contributed by atoms with E-state index >= 15 is 0 Å². The molecule has 1 N–H and O–H groups in total. The molecule has 0 saturated heterocycles. The lowest BCUT2D eigenvalue weighted by molar-refractivity contribution is 1.14. The number of rotatable bonds is 2. The molecular weight excluding hydrogens is 270 g/mol. The summed E-state index contributed by atoms with van der Waals surface area (Å²) >= 11 is 1.46. The summed E-state index contributed by atoms with van der Waals surface area (Å²) in [6.45, 7) is 3.77. The van der Waals surface area contributed by atoms with Gasteiger partial charge in [0.1, 0.15) is 0 Å². The minimum Gasteiger partial charge on any atom is -0.331 e. The van der Waals surface area contributed by atoms with Crippen molar-refractivity contribution in [2.75, 3.05) is 5.32 Å². The second kappa shape index (κ2) is 5.02. The zero-order chi connectivity index (χ0) is 14.1. The van der Waals surface area contributed by atoms with E-state index in [1.165, 1.54) is 11.3 Å². The van der Waals surface area contributed by atoms with Gasteiger partial charge in [0.15, 0.2) is 5.13 Å². The molecular formula is C15H13N3OS. The summed E-state index contributed by atoms with van der Waals surface area (Å²) in [6, 6.07) is 11.6. The first kappa shape index (κ1) is 12.7. The Hall–Kier alpha value is -2.27. The molecule has 1 aromatic carbocycles. The van der Waals surface area contributed by atoms with Crippen molar-refractivity contribution in [3.05, 3.63) is 58.1 Å². The monoisotopic (exact) mass is 283 g/mol. The van der Waals surface area contributed by atoms with Crippen LogP contribution in [0.15, 0.2) is 41.2 Å². The maximum atomic E-state index is 12.1. The fourth-order valence-electron chi connectivity index (χ4n) is 2.11. The summed E-state index contributed by atoms with van der Waals surface area (Å²) in [7, 11) is 0. The second-order valence-electron chi connectivity index (χ2n) is 4.54. The molecule has 0 spiro atoms. The molecule has 20 heavy (non-hydrogen) atoms. The first-order valence-corrected chi connectivity index (χ1v) is 7.06. The zero-order valence-electron chi connectivity index (χ0n) is 11.2. The fraction of sp³-hybridized carbons (Fsp3) is 0.133. The highest BCUT2D eigenvalue weighted by Crippen LogP contribution is 2.25. The molecule has 3 aromatic rings. The molecule has 0 bridgehead atoms. The van der Waals surface area contributed by atoms with Gasteiger partial charge < -0.3 is 5.32 Å². The van der Waals surface area contributed by atoms with Crippen molar-refractivity contribution in [3.8, 4) is 0 Å². The Labute approximate surface area is 120 Å². The topological polar surface area (TPSA) is 54.9 Å². The smallest absolute Gasteiger partial charge is 0.282 e. The van der Waals surface area contributed by atoms with Crippen LogP contribution in [-0.4, -0.2) is 9.97 Å². The van der Waals surface area contributed by atoms with Gasteiger partial charge in [-0.3, -0.25) is 9.78 Å². The van der Waals surface area contributed by atoms with Gasteiger partial charge in [0.2, 0.25) is 0 Å². The van der Waals surface area contributed by atoms with Gasteiger partial charge >= 0.3 is 0 Å². The number of para-hydroxylation sites is 1. The number of benzene rings is 1. The maximum absolute atomic E-state index is 12.1. The molecule has 5 heteroatoms. The Morgan fingerprint density at radius 1 is 1.10 bits per heavy atom. The molecule has 4 nitrogen and oxygen atoms in total. The molecule has 0 aliphatic carbocycles. The van der Waals surface area contributed by atoms with Crippen LogP contribution in [0.2, 0.25) is 0 Å². The van der Waals surface area contributed by atoms with Crippen LogP contribution in [0.1, 0.15) is 11.4 Å². The van der Waals surface area contributed by atoms with E-state index < -0.39 is 0 Å². The highest BCUT2D eigenvalue weighted by Gasteiger charge is 2.09. The molecule has 0 atom stereocenters. The quantitative estimate of drug-likeness (QED) is 0.783. The van der Waals surface area contributed by atoms with Crippen LogP contribution in [0.5, 0.6) is 0 Å². The highest BCUT2D eigenvalue weighted by molar-refractivity contribution is 7.21. The standard InChI is InChI=1S/C15H13N3OS/c1-9-8-12-13(10(2)16-9)14(19)18-15(20-12)17-11-6-4-3-5-7-11/h3-8H,1-2H3,(H,17,18,19). The minimum absolute atomic E-state index is 0.234. The maximum Gasteiger partial charge on any atom is 0.282 e. The predicted octanol–water partition coefficient (Wildman–Crippen LogP) is 3.41. The lowest BCUT2D eigenvalue weighted by atomic mass is 10.2. The van der Waals surface area contributed by atoms with Gasteiger partial charge in [0.25, 0.3) is 5.56 Å². The normalized spacial score (nSPS) is 10.7. The van der Waals surface area contributed by atoms with Gasteiger partial charge in [-0.25, -0.2) is 0 Å². The van der Waals surface area contributed by atoms with E-state index in [-0.39, 0.29) is 5.56 Å². The summed E-state index contributed by atoms with van der Waals surface area (Å²) in [5.74, 6) is 0. The number of hydrogen-bond donors (Lipinski definition) is 1. The Kier molecular flexibility index (Phi) is 3.20. The molecule has 2 heterocycles. The summed E-state index contributed by atoms with van der Waals surface area (Å²) < 4.78 is 0.911. The highest BCUT2D eigenvalue weighted by atomic mass is 32.1. The lowest BCUT2D eigenvalue weighted by Crippen LogP contribution is -2.10. The first-order valence-electron chi connectivity index (χ1n) is 6.24. The Morgan fingerprint density at radius 3 is 2.60 bits per heavy atom. The van der Waals surface area contributed by atoms with E-state index in [4.69, 9.17) is 0 Å². The Balaban J connectivity index is 2.12. The van der Waals surface area contributed by atoms with Gasteiger partial charge in [0, 0.05) is 16.1 Å². The van der Waals surface area contributed by atoms with Crippen LogP contribution >= 0.6 is 11.3 Å². The third-order valence-electron chi connectivity index (χ3n) is 2.94. The van der Waals surface area contributed by atoms with Crippen molar-refractivity contribution < 1.29 is 0 Å². The minimum atomic E-state index is -0.234. The van der Waals surface area contributed by atoms with Crippen molar-refractivity contribution in [3.63, 3.8) is 0 Å². The summed E-state index contributed by atoms with van der Waals surface area (Å²) in [5.41, 5.74) is 2.32. The summed E-state index contributed by atoms with van der Waals surface area (Å²) in [4.78, 5) is 20.6. The van der Waals surface area contributed by atoms with Crippen LogP contribution < -0.4 is 10.9 Å². The predicted molar refractivity (Wildman–Crippen MR) is 82.9 cm³/mol. The molecule has 0 aliphatic heterocycles. The number of hydrogen-bond acceptors (Lipinski definition) is 5. The lowest BCUT2D eigenvalue weighted by Gasteiger charge is -2.06. The van der Waals surface area contributed by atoms with Crippen LogP contribution in [0.25, 0.3) is 10.1 Å². The van der Waals surface area contributed by atoms with E-state index in [0.717, 1.165) is 21.8 Å². The molecule has 100 valence electrons. The molecule has 0 fully saturated rings. The van der Waals surface area contributed by atoms with Crippen molar-refractivity contribution in [2.45, 2.75) is 13.8 Å². The number of nitrogens with zero attached hydrogens (tertiary/aromatic N) is 2. The average Bonchev–Trinajstić information content (AvgIpc) is 2.38. The average molecular weight is 283 g/mol. The molecule has 2 aromatic heterocycles. The van der Waals surface area contributed by atoms with E-state index in [1.54, 1.807) is 0 Å². The fourth-order valence-corrected chi connectivity index (χ4v) is 3.18.